The third-order valence-electron chi connectivity index (χ3n) is 2.68. The van der Waals surface area contributed by atoms with Gasteiger partial charge in [-0.05, 0) is 20.8 Å². The first-order chi connectivity index (χ1) is 7.19. The Labute approximate surface area is 103 Å². The van der Waals surface area contributed by atoms with Crippen molar-refractivity contribution in [3.05, 3.63) is 0 Å². The third kappa shape index (κ3) is 5.42. The highest BCUT2D eigenvalue weighted by Gasteiger charge is 2.25. The van der Waals surface area contributed by atoms with Crippen LogP contribution < -0.4 is 5.73 Å². The standard InChI is InChI=1S/C11H22N2O2S/c1-8(6-9(12)16)13(4)10(14)7-11(2,3)15-5/h8H,6-7H2,1-5H3,(H2,12,16). The van der Waals surface area contributed by atoms with Gasteiger partial charge >= 0.3 is 0 Å². The van der Waals surface area contributed by atoms with E-state index in [2.05, 4.69) is 0 Å². The summed E-state index contributed by atoms with van der Waals surface area (Å²) in [4.78, 5) is 14.0. The van der Waals surface area contributed by atoms with E-state index in [-0.39, 0.29) is 11.9 Å². The van der Waals surface area contributed by atoms with Gasteiger partial charge in [0.25, 0.3) is 0 Å². The molecule has 0 aromatic heterocycles. The van der Waals surface area contributed by atoms with Crippen LogP contribution in [0.3, 0.4) is 0 Å². The molecule has 0 saturated carbocycles. The molecule has 0 bridgehead atoms. The van der Waals surface area contributed by atoms with Crippen molar-refractivity contribution < 1.29 is 9.53 Å². The summed E-state index contributed by atoms with van der Waals surface area (Å²) >= 11 is 4.83. The van der Waals surface area contributed by atoms with Gasteiger partial charge in [-0.1, -0.05) is 12.2 Å². The van der Waals surface area contributed by atoms with E-state index in [0.29, 0.717) is 17.8 Å². The lowest BCUT2D eigenvalue weighted by molar-refractivity contribution is -0.136. The van der Waals surface area contributed by atoms with Crippen LogP contribution in [0.4, 0.5) is 0 Å². The average molecular weight is 246 g/mol. The van der Waals surface area contributed by atoms with Crippen LogP contribution in [0.5, 0.6) is 0 Å². The van der Waals surface area contributed by atoms with Crippen molar-refractivity contribution in [1.82, 2.24) is 4.90 Å². The Hall–Kier alpha value is -0.680. The number of hydrogen-bond donors (Lipinski definition) is 1. The zero-order valence-corrected chi connectivity index (χ0v) is 11.6. The number of nitrogens with two attached hydrogens (primary N) is 1. The first-order valence-electron chi connectivity index (χ1n) is 5.28. The Morgan fingerprint density at radius 1 is 1.56 bits per heavy atom. The summed E-state index contributed by atoms with van der Waals surface area (Å²) < 4.78 is 5.22. The smallest absolute Gasteiger partial charge is 0.225 e. The van der Waals surface area contributed by atoms with Crippen molar-refractivity contribution in [2.75, 3.05) is 14.2 Å². The second kappa shape index (κ2) is 6.15. The fourth-order valence-electron chi connectivity index (χ4n) is 1.23. The van der Waals surface area contributed by atoms with Crippen molar-refractivity contribution >= 4 is 23.1 Å². The number of hydrogen-bond acceptors (Lipinski definition) is 3. The van der Waals surface area contributed by atoms with Gasteiger partial charge in [-0.2, -0.15) is 0 Å². The van der Waals surface area contributed by atoms with E-state index < -0.39 is 5.60 Å². The molecule has 0 fully saturated rings. The van der Waals surface area contributed by atoms with E-state index in [4.69, 9.17) is 22.7 Å². The van der Waals surface area contributed by atoms with Crippen molar-refractivity contribution in [2.45, 2.75) is 45.3 Å². The maximum Gasteiger partial charge on any atom is 0.225 e. The van der Waals surface area contributed by atoms with Crippen LogP contribution in [-0.2, 0) is 9.53 Å². The minimum atomic E-state index is -0.436. The first-order valence-corrected chi connectivity index (χ1v) is 5.69. The van der Waals surface area contributed by atoms with Gasteiger partial charge in [-0.25, -0.2) is 0 Å². The van der Waals surface area contributed by atoms with Crippen LogP contribution in [-0.4, -0.2) is 41.6 Å². The molecule has 0 heterocycles. The number of carbonyl (C=O) groups excluding carboxylic acids is 1. The quantitative estimate of drug-likeness (QED) is 0.718. The summed E-state index contributed by atoms with van der Waals surface area (Å²) in [6, 6.07) is 0.0256. The molecule has 16 heavy (non-hydrogen) atoms. The molecule has 0 spiro atoms. The summed E-state index contributed by atoms with van der Waals surface area (Å²) in [6.07, 6.45) is 0.895. The van der Waals surface area contributed by atoms with Crippen LogP contribution in [0.25, 0.3) is 0 Å². The number of thiocarbonyl (C=S) groups is 1. The molecule has 0 radical (unpaired) electrons. The lowest BCUT2D eigenvalue weighted by atomic mass is 10.0. The predicted octanol–water partition coefficient (Wildman–Crippen LogP) is 1.32. The maximum atomic E-state index is 11.9. The van der Waals surface area contributed by atoms with Crippen molar-refractivity contribution in [3.63, 3.8) is 0 Å². The molecule has 94 valence electrons. The number of nitrogens with zero attached hydrogens (tertiary/aromatic N) is 1. The topological polar surface area (TPSA) is 55.6 Å². The SMILES string of the molecule is COC(C)(C)CC(=O)N(C)C(C)CC(N)=S. The zero-order valence-electron chi connectivity index (χ0n) is 10.7. The zero-order chi connectivity index (χ0) is 12.9. The van der Waals surface area contributed by atoms with Crippen LogP contribution in [0.15, 0.2) is 0 Å². The van der Waals surface area contributed by atoms with E-state index in [9.17, 15) is 4.79 Å². The molecule has 1 atom stereocenters. The highest BCUT2D eigenvalue weighted by atomic mass is 32.1. The lowest BCUT2D eigenvalue weighted by Crippen LogP contribution is -2.41. The van der Waals surface area contributed by atoms with Gasteiger partial charge in [0.2, 0.25) is 5.91 Å². The number of ether oxygens (including phenoxy) is 1. The molecule has 0 aliphatic rings. The van der Waals surface area contributed by atoms with Crippen molar-refractivity contribution in [3.8, 4) is 0 Å². The lowest BCUT2D eigenvalue weighted by Gasteiger charge is -2.29. The predicted molar refractivity (Wildman–Crippen MR) is 69.3 cm³/mol. The maximum absolute atomic E-state index is 11.9. The van der Waals surface area contributed by atoms with E-state index in [1.165, 1.54) is 0 Å². The Morgan fingerprint density at radius 3 is 2.44 bits per heavy atom. The minimum Gasteiger partial charge on any atom is -0.393 e. The van der Waals surface area contributed by atoms with Crippen LogP contribution >= 0.6 is 12.2 Å². The molecule has 0 rings (SSSR count). The van der Waals surface area contributed by atoms with Gasteiger partial charge in [0.05, 0.1) is 17.0 Å². The van der Waals surface area contributed by atoms with Gasteiger partial charge in [-0.15, -0.1) is 0 Å². The molecular weight excluding hydrogens is 224 g/mol. The molecule has 0 aromatic rings. The second-order valence-electron chi connectivity index (χ2n) is 4.66. The summed E-state index contributed by atoms with van der Waals surface area (Å²) in [5.41, 5.74) is 5.02. The van der Waals surface area contributed by atoms with Crippen LogP contribution in [0.1, 0.15) is 33.6 Å². The number of carbonyl (C=O) groups is 1. The monoisotopic (exact) mass is 246 g/mol. The average Bonchev–Trinajstić information content (AvgIpc) is 2.14. The van der Waals surface area contributed by atoms with Gasteiger partial charge in [0.1, 0.15) is 0 Å². The summed E-state index contributed by atoms with van der Waals surface area (Å²) in [5, 5.41) is 0. The van der Waals surface area contributed by atoms with Gasteiger partial charge in [-0.3, -0.25) is 4.79 Å². The number of rotatable bonds is 6. The van der Waals surface area contributed by atoms with Crippen molar-refractivity contribution in [2.24, 2.45) is 5.73 Å². The normalized spacial score (nSPS) is 13.3. The van der Waals surface area contributed by atoms with Crippen LogP contribution in [0.2, 0.25) is 0 Å². The summed E-state index contributed by atoms with van der Waals surface area (Å²) in [7, 11) is 3.36. The first kappa shape index (κ1) is 15.3. The Balaban J connectivity index is 4.33. The Bertz CT molecular complexity index is 267. The highest BCUT2D eigenvalue weighted by molar-refractivity contribution is 7.80. The third-order valence-corrected chi connectivity index (χ3v) is 2.85. The Morgan fingerprint density at radius 2 is 2.06 bits per heavy atom. The molecule has 5 heteroatoms. The van der Waals surface area contributed by atoms with Gasteiger partial charge in [0.15, 0.2) is 0 Å². The number of amides is 1. The van der Waals surface area contributed by atoms with Crippen molar-refractivity contribution in [1.29, 1.82) is 0 Å². The fourth-order valence-corrected chi connectivity index (χ4v) is 1.48. The second-order valence-corrected chi connectivity index (χ2v) is 5.19. The molecule has 0 aliphatic carbocycles. The van der Waals surface area contributed by atoms with E-state index in [1.807, 2.05) is 20.8 Å². The summed E-state index contributed by atoms with van der Waals surface area (Å²) in [6.45, 7) is 5.70. The molecule has 1 amide bonds. The van der Waals surface area contributed by atoms with E-state index in [1.54, 1.807) is 19.1 Å². The molecule has 4 nitrogen and oxygen atoms in total. The van der Waals surface area contributed by atoms with E-state index in [0.717, 1.165) is 0 Å². The molecular formula is C11H22N2O2S. The molecule has 0 aromatic carbocycles. The minimum absolute atomic E-state index is 0.0256. The van der Waals surface area contributed by atoms with Gasteiger partial charge in [0, 0.05) is 26.6 Å². The van der Waals surface area contributed by atoms with Crippen LogP contribution in [0, 0.1) is 0 Å². The Kier molecular flexibility index (Phi) is 5.89. The fraction of sp³-hybridized carbons (Fsp3) is 0.818. The number of methoxy groups -OCH3 is 1. The molecule has 0 saturated heterocycles. The molecule has 0 aliphatic heterocycles. The summed E-state index contributed by atoms with van der Waals surface area (Å²) in [5.74, 6) is 0.0376. The molecule has 2 N–H and O–H groups in total. The highest BCUT2D eigenvalue weighted by Crippen LogP contribution is 2.15. The largest absolute Gasteiger partial charge is 0.393 e. The van der Waals surface area contributed by atoms with Gasteiger partial charge < -0.3 is 15.4 Å². The van der Waals surface area contributed by atoms with E-state index >= 15 is 0 Å². The molecule has 1 unspecified atom stereocenters.